The number of fused-ring (bicyclic) bond motifs is 1. The first-order chi connectivity index (χ1) is 30.2. The number of hydrogen-bond donors (Lipinski definition) is 16. The topological polar surface area (TPSA) is 428 Å². The van der Waals surface area contributed by atoms with E-state index in [4.69, 9.17) is 42.3 Å². The summed E-state index contributed by atoms with van der Waals surface area (Å²) in [4.78, 5) is 14.1. The average Bonchev–Trinajstić information content (AvgIpc) is 3.25. The molecular weight excluding hydrogens is 872 g/mol. The van der Waals surface area contributed by atoms with Crippen LogP contribution in [0, 0.1) is 0 Å². The molecule has 3 aromatic rings. The lowest BCUT2D eigenvalue weighted by molar-refractivity contribution is -0.388. The van der Waals surface area contributed by atoms with Crippen LogP contribution in [0.3, 0.4) is 0 Å². The zero-order valence-corrected chi connectivity index (χ0v) is 33.1. The zero-order chi connectivity index (χ0) is 46.6. The Labute approximate surface area is 358 Å². The molecule has 4 saturated heterocycles. The highest BCUT2D eigenvalue weighted by molar-refractivity contribution is 5.89. The van der Waals surface area contributed by atoms with Gasteiger partial charge >= 0.3 is 0 Å². The second-order valence-electron chi connectivity index (χ2n) is 15.5. The fourth-order valence-corrected chi connectivity index (χ4v) is 7.41. The second-order valence-corrected chi connectivity index (χ2v) is 15.5. The Bertz CT molecular complexity index is 2150. The van der Waals surface area contributed by atoms with Crippen molar-refractivity contribution in [3.05, 3.63) is 40.6 Å². The van der Waals surface area contributed by atoms with E-state index in [1.54, 1.807) is 0 Å². The maximum atomic E-state index is 14.1. The maximum Gasteiger partial charge on any atom is 0.239 e. The van der Waals surface area contributed by atoms with E-state index < -0.39 is 187 Å². The number of ether oxygens (including phenoxy) is 8. The summed E-state index contributed by atoms with van der Waals surface area (Å²) >= 11 is 0. The van der Waals surface area contributed by atoms with E-state index >= 15 is 0 Å². The Kier molecular flexibility index (Phi) is 14.2. The highest BCUT2D eigenvalue weighted by Crippen LogP contribution is 2.42. The largest absolute Gasteiger partial charge is 0.508 e. The minimum Gasteiger partial charge on any atom is -0.508 e. The van der Waals surface area contributed by atoms with Crippen molar-refractivity contribution in [2.24, 2.45) is 0 Å². The van der Waals surface area contributed by atoms with Gasteiger partial charge in [-0.05, 0) is 19.1 Å². The second kappa shape index (κ2) is 19.0. The smallest absolute Gasteiger partial charge is 0.239 e. The first kappa shape index (κ1) is 47.8. The Morgan fingerprint density at radius 3 is 1.75 bits per heavy atom. The Morgan fingerprint density at radius 2 is 1.11 bits per heavy atom. The molecule has 0 bridgehead atoms. The highest BCUT2D eigenvalue weighted by Gasteiger charge is 2.51. The molecule has 4 aliphatic rings. The molecular formula is C38H48O26. The number of aliphatic hydroxyl groups excluding tert-OH is 13. The van der Waals surface area contributed by atoms with Crippen LogP contribution in [0.1, 0.15) is 6.92 Å². The predicted molar refractivity (Wildman–Crippen MR) is 201 cm³/mol. The van der Waals surface area contributed by atoms with Crippen molar-refractivity contribution in [1.29, 1.82) is 0 Å². The minimum absolute atomic E-state index is 0.300. The standard InChI is InChI=1S/C38H48O26/c1-9-19(43)23(47)28(52)35(57-9)63-38-31(55)26(50)30(54)37(64-38)62-33-22(46)18-14(42)4-10(40)5-15(18)59-32(33)12-3-2-11(6-13(12)41)58-36-29(53)25(49)21(45)17(61-36)8-56-34-27(51)24(48)20(44)16(7-39)60-34/h2-6,9,16-17,19-21,23-31,34-45,47-55H,7-8H2,1H3/t9-,16+,17+,19+,20+,21+,23-,24-,25-,26+,27+,28+,29+,30+,31-,34+,35-,36+,37+,38-/m0/s1. The van der Waals surface area contributed by atoms with Gasteiger partial charge in [-0.1, -0.05) is 0 Å². The van der Waals surface area contributed by atoms with Gasteiger partial charge < -0.3 is 124 Å². The van der Waals surface area contributed by atoms with E-state index in [0.29, 0.717) is 0 Å². The summed E-state index contributed by atoms with van der Waals surface area (Å²) in [6.07, 6.45) is -36.1. The number of phenolic OH excluding ortho intramolecular Hbond substituents is 3. The van der Waals surface area contributed by atoms with Gasteiger partial charge in [-0.3, -0.25) is 4.79 Å². The fourth-order valence-electron chi connectivity index (χ4n) is 7.41. The van der Waals surface area contributed by atoms with Crippen molar-refractivity contribution in [2.45, 2.75) is 130 Å². The van der Waals surface area contributed by atoms with Gasteiger partial charge in [0.2, 0.25) is 23.8 Å². The number of benzene rings is 2. The molecule has 356 valence electrons. The first-order valence-electron chi connectivity index (χ1n) is 19.6. The number of aromatic hydroxyl groups is 3. The number of rotatable bonds is 11. The van der Waals surface area contributed by atoms with Crippen molar-refractivity contribution in [3.8, 4) is 40.1 Å². The Morgan fingerprint density at radius 1 is 0.562 bits per heavy atom. The maximum absolute atomic E-state index is 14.1. The molecule has 64 heavy (non-hydrogen) atoms. The van der Waals surface area contributed by atoms with Gasteiger partial charge in [-0.15, -0.1) is 0 Å². The van der Waals surface area contributed by atoms with E-state index in [9.17, 15) is 86.5 Å². The summed E-state index contributed by atoms with van der Waals surface area (Å²) in [5, 5.41) is 166. The van der Waals surface area contributed by atoms with Gasteiger partial charge in [-0.2, -0.15) is 0 Å². The molecule has 16 N–H and O–H groups in total. The van der Waals surface area contributed by atoms with Gasteiger partial charge in [0.15, 0.2) is 24.6 Å². The number of phenols is 3. The molecule has 0 spiro atoms. The minimum atomic E-state index is -2.18. The van der Waals surface area contributed by atoms with Crippen LogP contribution in [-0.4, -0.2) is 218 Å². The summed E-state index contributed by atoms with van der Waals surface area (Å²) in [7, 11) is 0. The molecule has 0 saturated carbocycles. The van der Waals surface area contributed by atoms with Crippen LogP contribution >= 0.6 is 0 Å². The van der Waals surface area contributed by atoms with Crippen molar-refractivity contribution in [3.63, 3.8) is 0 Å². The monoisotopic (exact) mass is 920 g/mol. The van der Waals surface area contributed by atoms with E-state index in [2.05, 4.69) is 0 Å². The molecule has 2 aromatic carbocycles. The summed E-state index contributed by atoms with van der Waals surface area (Å²) in [5.74, 6) is -4.06. The molecule has 20 atom stereocenters. The quantitative estimate of drug-likeness (QED) is 0.0850. The van der Waals surface area contributed by atoms with Crippen LogP contribution in [0.4, 0.5) is 0 Å². The van der Waals surface area contributed by atoms with Crippen molar-refractivity contribution in [1.82, 2.24) is 0 Å². The van der Waals surface area contributed by atoms with Crippen LogP contribution in [-0.2, 0) is 28.4 Å². The normalized spacial score (nSPS) is 40.6. The van der Waals surface area contributed by atoms with E-state index in [-0.39, 0.29) is 5.75 Å². The zero-order valence-electron chi connectivity index (χ0n) is 33.1. The molecule has 0 aliphatic carbocycles. The van der Waals surface area contributed by atoms with Crippen molar-refractivity contribution in [2.75, 3.05) is 13.2 Å². The lowest BCUT2D eigenvalue weighted by Crippen LogP contribution is -2.63. The molecule has 4 fully saturated rings. The van der Waals surface area contributed by atoms with Crippen LogP contribution in [0.15, 0.2) is 39.5 Å². The first-order valence-corrected chi connectivity index (χ1v) is 19.6. The van der Waals surface area contributed by atoms with Crippen LogP contribution < -0.4 is 14.9 Å². The average molecular weight is 921 g/mol. The summed E-state index contributed by atoms with van der Waals surface area (Å²) in [6.45, 7) is -0.117. The molecule has 0 unspecified atom stereocenters. The Hall–Kier alpha value is -4.11. The molecule has 26 heteroatoms. The Balaban J connectivity index is 1.14. The van der Waals surface area contributed by atoms with Gasteiger partial charge in [0.25, 0.3) is 0 Å². The molecule has 1 aromatic heterocycles. The molecule has 0 amide bonds. The van der Waals surface area contributed by atoms with Crippen LogP contribution in [0.25, 0.3) is 22.3 Å². The molecule has 26 nitrogen and oxygen atoms in total. The third-order valence-electron chi connectivity index (χ3n) is 11.2. The summed E-state index contributed by atoms with van der Waals surface area (Å²) < 4.78 is 49.9. The van der Waals surface area contributed by atoms with Crippen LogP contribution in [0.5, 0.6) is 28.7 Å². The highest BCUT2D eigenvalue weighted by atomic mass is 16.8. The van der Waals surface area contributed by atoms with E-state index in [1.807, 2.05) is 0 Å². The predicted octanol–water partition coefficient (Wildman–Crippen LogP) is -6.43. The lowest BCUT2D eigenvalue weighted by Gasteiger charge is -2.44. The molecule has 4 aliphatic heterocycles. The van der Waals surface area contributed by atoms with E-state index in [0.717, 1.165) is 30.3 Å². The summed E-state index contributed by atoms with van der Waals surface area (Å²) in [6, 6.07) is 4.79. The molecule has 5 heterocycles. The lowest BCUT2D eigenvalue weighted by atomic mass is 9.98. The summed E-state index contributed by atoms with van der Waals surface area (Å²) in [5.41, 5.74) is -2.06. The van der Waals surface area contributed by atoms with Gasteiger partial charge in [0.05, 0.1) is 24.9 Å². The van der Waals surface area contributed by atoms with E-state index in [1.165, 1.54) is 6.92 Å². The fraction of sp³-hybridized carbons (Fsp3) is 0.605. The molecule has 7 rings (SSSR count). The van der Waals surface area contributed by atoms with Gasteiger partial charge in [0, 0.05) is 18.2 Å². The third-order valence-corrected chi connectivity index (χ3v) is 11.2. The van der Waals surface area contributed by atoms with Crippen LogP contribution in [0.2, 0.25) is 0 Å². The van der Waals surface area contributed by atoms with Crippen molar-refractivity contribution < 1.29 is 124 Å². The molecule has 0 radical (unpaired) electrons. The SMILES string of the molecule is C[C@@H]1O[C@@H](O[C@H]2O[C@@H](Oc3c(-c4ccc(O[C@@H]5O[C@H](CO[C@@H]6O[C@H](CO)[C@@H](O)[C@H](O)[C@H]6O)[C@@H](O)[C@H](O)[C@H]5O)cc4O)oc4cc(O)cc(O)c4c3=O)[C@H](O)[C@@H](O)[C@@H]2O)[C@H](O)[C@@H](O)[C@@H]1O. The van der Waals surface area contributed by atoms with Crippen molar-refractivity contribution >= 4 is 11.0 Å². The van der Waals surface area contributed by atoms with Gasteiger partial charge in [-0.25, -0.2) is 0 Å². The number of hydrogen-bond acceptors (Lipinski definition) is 26. The number of aliphatic hydroxyl groups is 13. The third kappa shape index (κ3) is 9.05. The van der Waals surface area contributed by atoms with Gasteiger partial charge in [0.1, 0.15) is 119 Å².